The van der Waals surface area contributed by atoms with Crippen LogP contribution >= 0.6 is 0 Å². The van der Waals surface area contributed by atoms with Crippen molar-refractivity contribution in [3.8, 4) is 17.1 Å². The van der Waals surface area contributed by atoms with Crippen molar-refractivity contribution >= 4 is 16.7 Å². The highest BCUT2D eigenvalue weighted by molar-refractivity contribution is 5.87. The van der Waals surface area contributed by atoms with Crippen molar-refractivity contribution in [3.05, 3.63) is 77.7 Å². The molecule has 1 aromatic heterocycles. The number of alkyl halides is 3. The van der Waals surface area contributed by atoms with Crippen LogP contribution in [0.2, 0.25) is 0 Å². The minimum atomic E-state index is -4.39. The fraction of sp³-hybridized carbons (Fsp3) is 0.240. The standard InChI is InChI=1S/C25H22F3N5O2/c26-25(27,28)19-4-1-3-15(11-19)14-34-20-9-8-16-12-18(7-6-17(16)13-20)22-31-23(35-32-22)21-5-2-10-33(21)24(29)30/h1,3-4,6-9,11-13,21H,2,5,10,14H2,(H3,29,30)/p+1/t21-/m0/s1. The Morgan fingerprint density at radius 2 is 1.86 bits per heavy atom. The van der Waals surface area contributed by atoms with Crippen molar-refractivity contribution in [2.75, 3.05) is 6.54 Å². The third-order valence-corrected chi connectivity index (χ3v) is 6.04. The molecule has 1 atom stereocenters. The fourth-order valence-electron chi connectivity index (χ4n) is 4.28. The number of hydrogen-bond donors (Lipinski definition) is 2. The molecule has 1 fully saturated rings. The second-order valence-electron chi connectivity index (χ2n) is 8.44. The summed E-state index contributed by atoms with van der Waals surface area (Å²) < 4.78 is 51.9. The molecule has 0 saturated carbocycles. The topological polar surface area (TPSA) is 103 Å². The number of ether oxygens (including phenoxy) is 1. The molecule has 3 aromatic carbocycles. The lowest BCUT2D eigenvalue weighted by molar-refractivity contribution is -0.555. The molecular formula is C25H23F3N5O2+. The lowest BCUT2D eigenvalue weighted by atomic mass is 10.1. The van der Waals surface area contributed by atoms with Crippen LogP contribution in [0.5, 0.6) is 5.75 Å². The molecule has 4 N–H and O–H groups in total. The number of hydrogen-bond acceptors (Lipinski definition) is 4. The van der Waals surface area contributed by atoms with Crippen LogP contribution in [0.3, 0.4) is 0 Å². The number of guanidine groups is 1. The highest BCUT2D eigenvalue weighted by Crippen LogP contribution is 2.31. The van der Waals surface area contributed by atoms with Gasteiger partial charge in [0.05, 0.1) is 12.1 Å². The van der Waals surface area contributed by atoms with E-state index in [1.54, 1.807) is 12.1 Å². The van der Waals surface area contributed by atoms with Crippen LogP contribution in [0.1, 0.15) is 35.9 Å². The van der Waals surface area contributed by atoms with Gasteiger partial charge in [-0.15, -0.1) is 0 Å². The van der Waals surface area contributed by atoms with E-state index in [0.29, 0.717) is 23.0 Å². The van der Waals surface area contributed by atoms with E-state index in [1.807, 2.05) is 34.9 Å². The molecular weight excluding hydrogens is 459 g/mol. The van der Waals surface area contributed by atoms with Gasteiger partial charge in [0.1, 0.15) is 12.4 Å². The first kappa shape index (κ1) is 22.7. The van der Waals surface area contributed by atoms with Gasteiger partial charge in [0, 0.05) is 5.56 Å². The summed E-state index contributed by atoms with van der Waals surface area (Å²) in [5.41, 5.74) is 12.1. The molecule has 0 aliphatic carbocycles. The summed E-state index contributed by atoms with van der Waals surface area (Å²) in [5, 5.41) is 5.97. The Hall–Kier alpha value is -4.08. The highest BCUT2D eigenvalue weighted by atomic mass is 19.4. The molecule has 1 aliphatic rings. The zero-order chi connectivity index (χ0) is 24.6. The minimum absolute atomic E-state index is 0.0298. The molecule has 180 valence electrons. The van der Waals surface area contributed by atoms with E-state index in [-0.39, 0.29) is 18.6 Å². The van der Waals surface area contributed by atoms with Crippen LogP contribution in [-0.2, 0) is 12.8 Å². The van der Waals surface area contributed by atoms with Crippen LogP contribution in [0.15, 0.2) is 65.2 Å². The minimum Gasteiger partial charge on any atom is -0.489 e. The Balaban J connectivity index is 1.32. The lowest BCUT2D eigenvalue weighted by Crippen LogP contribution is -2.35. The monoisotopic (exact) mass is 482 g/mol. The first-order chi connectivity index (χ1) is 16.8. The molecule has 1 saturated heterocycles. The Labute approximate surface area is 198 Å². The van der Waals surface area contributed by atoms with E-state index in [0.717, 1.165) is 47.9 Å². The second-order valence-corrected chi connectivity index (χ2v) is 8.44. The number of nitrogens with two attached hydrogens (primary N) is 2. The predicted molar refractivity (Wildman–Crippen MR) is 124 cm³/mol. The molecule has 5 rings (SSSR count). The summed E-state index contributed by atoms with van der Waals surface area (Å²) in [5.74, 6) is 1.74. The Bertz CT molecular complexity index is 1410. The van der Waals surface area contributed by atoms with Gasteiger partial charge in [-0.25, -0.2) is 0 Å². The second kappa shape index (κ2) is 8.94. The third-order valence-electron chi connectivity index (χ3n) is 6.04. The summed E-state index contributed by atoms with van der Waals surface area (Å²) in [6.07, 6.45) is -2.61. The van der Waals surface area contributed by atoms with Crippen molar-refractivity contribution in [2.24, 2.45) is 11.5 Å². The number of rotatable bonds is 5. The lowest BCUT2D eigenvalue weighted by Gasteiger charge is -2.11. The summed E-state index contributed by atoms with van der Waals surface area (Å²) in [4.78, 5) is 4.56. The molecule has 0 spiro atoms. The maximum absolute atomic E-state index is 12.9. The molecule has 0 unspecified atom stereocenters. The van der Waals surface area contributed by atoms with Crippen molar-refractivity contribution in [1.29, 1.82) is 0 Å². The van der Waals surface area contributed by atoms with E-state index in [4.69, 9.17) is 20.7 Å². The van der Waals surface area contributed by atoms with Crippen molar-refractivity contribution in [2.45, 2.75) is 31.7 Å². The molecule has 1 aliphatic heterocycles. The zero-order valence-electron chi connectivity index (χ0n) is 18.6. The van der Waals surface area contributed by atoms with Crippen LogP contribution in [0, 0.1) is 0 Å². The van der Waals surface area contributed by atoms with Crippen molar-refractivity contribution in [1.82, 2.24) is 10.1 Å². The fourth-order valence-corrected chi connectivity index (χ4v) is 4.28. The van der Waals surface area contributed by atoms with Gasteiger partial charge in [0.2, 0.25) is 5.82 Å². The van der Waals surface area contributed by atoms with Crippen LogP contribution < -0.4 is 16.2 Å². The van der Waals surface area contributed by atoms with Gasteiger partial charge in [-0.05, 0) is 59.5 Å². The van der Waals surface area contributed by atoms with E-state index in [1.165, 1.54) is 6.07 Å². The summed E-state index contributed by atoms with van der Waals surface area (Å²) in [6.45, 7) is 0.779. The quantitative estimate of drug-likeness (QED) is 0.318. The molecule has 0 bridgehead atoms. The first-order valence-electron chi connectivity index (χ1n) is 11.1. The van der Waals surface area contributed by atoms with E-state index in [9.17, 15) is 13.2 Å². The Morgan fingerprint density at radius 3 is 2.66 bits per heavy atom. The maximum atomic E-state index is 12.9. The van der Waals surface area contributed by atoms with Gasteiger partial charge in [0.25, 0.3) is 5.89 Å². The van der Waals surface area contributed by atoms with Gasteiger partial charge < -0.3 is 9.26 Å². The van der Waals surface area contributed by atoms with E-state index >= 15 is 0 Å². The van der Waals surface area contributed by atoms with Gasteiger partial charge in [0.15, 0.2) is 6.04 Å². The van der Waals surface area contributed by atoms with Crippen LogP contribution in [0.25, 0.3) is 22.2 Å². The number of halogens is 3. The SMILES string of the molecule is NC(N)=[N+]1CCC[C@H]1c1nc(-c2ccc3cc(OCc4cccc(C(F)(F)F)c4)ccc3c2)no1. The van der Waals surface area contributed by atoms with Gasteiger partial charge in [-0.2, -0.15) is 18.2 Å². The van der Waals surface area contributed by atoms with Gasteiger partial charge in [-0.1, -0.05) is 35.5 Å². The predicted octanol–water partition coefficient (Wildman–Crippen LogP) is 4.61. The number of nitrogens with zero attached hydrogens (tertiary/aromatic N) is 3. The molecule has 2 heterocycles. The number of aromatic nitrogens is 2. The maximum Gasteiger partial charge on any atom is 0.416 e. The molecule has 35 heavy (non-hydrogen) atoms. The number of fused-ring (bicyclic) bond motifs is 1. The summed E-state index contributed by atoms with van der Waals surface area (Å²) >= 11 is 0. The average molecular weight is 482 g/mol. The first-order valence-corrected chi connectivity index (χ1v) is 11.1. The molecule has 4 aromatic rings. The average Bonchev–Trinajstić information content (AvgIpc) is 3.52. The van der Waals surface area contributed by atoms with E-state index in [2.05, 4.69) is 10.1 Å². The zero-order valence-corrected chi connectivity index (χ0v) is 18.6. The Kier molecular flexibility index (Phi) is 5.80. The van der Waals surface area contributed by atoms with Crippen LogP contribution in [-0.4, -0.2) is 27.2 Å². The van der Waals surface area contributed by atoms with Crippen molar-refractivity contribution < 1.29 is 27.0 Å². The van der Waals surface area contributed by atoms with E-state index < -0.39 is 11.7 Å². The van der Waals surface area contributed by atoms with Crippen LogP contribution in [0.4, 0.5) is 13.2 Å². The molecule has 7 nitrogen and oxygen atoms in total. The smallest absolute Gasteiger partial charge is 0.416 e. The highest BCUT2D eigenvalue weighted by Gasteiger charge is 2.32. The normalized spacial score (nSPS) is 16.1. The molecule has 10 heteroatoms. The summed E-state index contributed by atoms with van der Waals surface area (Å²) in [6, 6.07) is 16.2. The molecule has 0 amide bonds. The number of benzene rings is 3. The van der Waals surface area contributed by atoms with Gasteiger partial charge >= 0.3 is 12.1 Å². The van der Waals surface area contributed by atoms with Crippen molar-refractivity contribution in [3.63, 3.8) is 0 Å². The largest absolute Gasteiger partial charge is 0.489 e. The Morgan fingerprint density at radius 1 is 1.06 bits per heavy atom. The third kappa shape index (κ3) is 4.77. The van der Waals surface area contributed by atoms with Gasteiger partial charge in [-0.3, -0.25) is 16.0 Å². The summed E-state index contributed by atoms with van der Waals surface area (Å²) in [7, 11) is 0. The molecule has 0 radical (unpaired) electrons.